The van der Waals surface area contributed by atoms with Crippen molar-refractivity contribution < 1.29 is 0 Å². The highest BCUT2D eigenvalue weighted by molar-refractivity contribution is 5.62. The predicted molar refractivity (Wildman–Crippen MR) is 80.0 cm³/mol. The zero-order valence-corrected chi connectivity index (χ0v) is 11.9. The first kappa shape index (κ1) is 13.3. The van der Waals surface area contributed by atoms with E-state index in [9.17, 15) is 0 Å². The van der Waals surface area contributed by atoms with E-state index in [2.05, 4.69) is 37.8 Å². The van der Waals surface area contributed by atoms with Gasteiger partial charge in [-0.2, -0.15) is 0 Å². The maximum Gasteiger partial charge on any atom is 0.0419 e. The Hall–Kier alpha value is -1.18. The minimum atomic E-state index is 0.748. The first-order chi connectivity index (χ1) is 8.56. The normalized spacial score (nSPS) is 16.8. The predicted octanol–water partition coefficient (Wildman–Crippen LogP) is 3.70. The number of hydrogen-bond donors (Lipinski definition) is 1. The number of aryl methyl sites for hydroxylation is 1. The molecule has 0 amide bonds. The molecular formula is C16H26N2. The molecule has 2 N–H and O–H groups in total. The highest BCUT2D eigenvalue weighted by Crippen LogP contribution is 2.30. The van der Waals surface area contributed by atoms with Crippen LogP contribution in [0.5, 0.6) is 0 Å². The third kappa shape index (κ3) is 3.18. The number of nitrogen functional groups attached to an aromatic ring is 1. The summed E-state index contributed by atoms with van der Waals surface area (Å²) in [5, 5.41) is 0. The van der Waals surface area contributed by atoms with Crippen molar-refractivity contribution in [3.63, 3.8) is 0 Å². The molecule has 1 atom stereocenters. The molecule has 1 aliphatic heterocycles. The number of benzene rings is 1. The molecule has 1 aliphatic rings. The number of anilines is 2. The van der Waals surface area contributed by atoms with E-state index in [1.165, 1.54) is 37.1 Å². The average molecular weight is 246 g/mol. The maximum atomic E-state index is 5.93. The third-order valence-electron chi connectivity index (χ3n) is 3.73. The Bertz CT molecular complexity index is 398. The molecule has 0 saturated carbocycles. The lowest BCUT2D eigenvalue weighted by Gasteiger charge is -2.34. The Labute approximate surface area is 111 Å². The summed E-state index contributed by atoms with van der Waals surface area (Å²) in [6, 6.07) is 6.38. The van der Waals surface area contributed by atoms with Crippen LogP contribution in [-0.2, 0) is 6.42 Å². The van der Waals surface area contributed by atoms with Gasteiger partial charge in [0.15, 0.2) is 0 Å². The summed E-state index contributed by atoms with van der Waals surface area (Å²) in [5.74, 6) is 1.53. The van der Waals surface area contributed by atoms with Gasteiger partial charge in [-0.15, -0.1) is 0 Å². The summed E-state index contributed by atoms with van der Waals surface area (Å²) < 4.78 is 0. The van der Waals surface area contributed by atoms with Gasteiger partial charge in [-0.1, -0.05) is 26.8 Å². The molecule has 0 fully saturated rings. The van der Waals surface area contributed by atoms with E-state index in [1.807, 2.05) is 6.07 Å². The molecule has 0 radical (unpaired) electrons. The van der Waals surface area contributed by atoms with Crippen LogP contribution in [0.2, 0.25) is 0 Å². The topological polar surface area (TPSA) is 29.3 Å². The molecule has 0 spiro atoms. The van der Waals surface area contributed by atoms with E-state index < -0.39 is 0 Å². The highest BCUT2D eigenvalue weighted by atomic mass is 15.1. The third-order valence-corrected chi connectivity index (χ3v) is 3.73. The lowest BCUT2D eigenvalue weighted by Crippen LogP contribution is -2.33. The summed E-state index contributed by atoms with van der Waals surface area (Å²) in [4.78, 5) is 2.53. The van der Waals surface area contributed by atoms with Crippen LogP contribution < -0.4 is 10.6 Å². The Morgan fingerprint density at radius 3 is 2.78 bits per heavy atom. The molecule has 1 unspecified atom stereocenters. The van der Waals surface area contributed by atoms with Crippen molar-refractivity contribution in [2.75, 3.05) is 23.7 Å². The van der Waals surface area contributed by atoms with Gasteiger partial charge in [0.25, 0.3) is 0 Å². The zero-order valence-electron chi connectivity index (χ0n) is 11.9. The standard InChI is InChI=1S/C16H26N2/c1-12(2)9-13(3)11-18-8-4-5-14-6-7-15(17)10-16(14)18/h6-7,10,12-13H,4-5,8-9,11,17H2,1-3H3. The fourth-order valence-electron chi connectivity index (χ4n) is 3.11. The van der Waals surface area contributed by atoms with E-state index in [0.717, 1.165) is 24.1 Å². The van der Waals surface area contributed by atoms with E-state index >= 15 is 0 Å². The molecule has 18 heavy (non-hydrogen) atoms. The SMILES string of the molecule is CC(C)CC(C)CN1CCCc2ccc(N)cc21. The second-order valence-corrected chi connectivity index (χ2v) is 6.17. The zero-order chi connectivity index (χ0) is 13.1. The molecule has 2 heteroatoms. The molecule has 1 aromatic carbocycles. The summed E-state index contributed by atoms with van der Waals surface area (Å²) >= 11 is 0. The molecule has 100 valence electrons. The van der Waals surface area contributed by atoms with Gasteiger partial charge in [-0.3, -0.25) is 0 Å². The Balaban J connectivity index is 2.09. The fourth-order valence-corrected chi connectivity index (χ4v) is 3.11. The average Bonchev–Trinajstić information content (AvgIpc) is 2.28. The summed E-state index contributed by atoms with van der Waals surface area (Å²) in [6.07, 6.45) is 3.77. The van der Waals surface area contributed by atoms with Gasteiger partial charge in [-0.25, -0.2) is 0 Å². The molecule has 2 rings (SSSR count). The van der Waals surface area contributed by atoms with Crippen LogP contribution in [0.1, 0.15) is 39.2 Å². The van der Waals surface area contributed by atoms with Crippen LogP contribution in [0.15, 0.2) is 18.2 Å². The molecule has 0 saturated heterocycles. The fraction of sp³-hybridized carbons (Fsp3) is 0.625. The highest BCUT2D eigenvalue weighted by Gasteiger charge is 2.19. The molecule has 1 heterocycles. The van der Waals surface area contributed by atoms with Crippen LogP contribution in [0.3, 0.4) is 0 Å². The largest absolute Gasteiger partial charge is 0.399 e. The lowest BCUT2D eigenvalue weighted by molar-refractivity contribution is 0.431. The van der Waals surface area contributed by atoms with E-state index in [0.29, 0.717) is 0 Å². The smallest absolute Gasteiger partial charge is 0.0419 e. The molecule has 1 aromatic rings. The van der Waals surface area contributed by atoms with Crippen LogP contribution in [-0.4, -0.2) is 13.1 Å². The quantitative estimate of drug-likeness (QED) is 0.821. The van der Waals surface area contributed by atoms with Crippen LogP contribution in [0.4, 0.5) is 11.4 Å². The first-order valence-corrected chi connectivity index (χ1v) is 7.19. The van der Waals surface area contributed by atoms with Crippen LogP contribution in [0, 0.1) is 11.8 Å². The summed E-state index contributed by atoms with van der Waals surface area (Å²) in [5.41, 5.74) is 9.65. The van der Waals surface area contributed by atoms with Gasteiger partial charge < -0.3 is 10.6 Å². The van der Waals surface area contributed by atoms with Crippen molar-refractivity contribution in [1.82, 2.24) is 0 Å². The van der Waals surface area contributed by atoms with Gasteiger partial charge in [0, 0.05) is 24.5 Å². The number of nitrogens with zero attached hydrogens (tertiary/aromatic N) is 1. The molecule has 2 nitrogen and oxygen atoms in total. The number of nitrogens with two attached hydrogens (primary N) is 1. The Morgan fingerprint density at radius 2 is 2.06 bits per heavy atom. The number of rotatable bonds is 4. The van der Waals surface area contributed by atoms with Crippen LogP contribution in [0.25, 0.3) is 0 Å². The van der Waals surface area contributed by atoms with E-state index in [-0.39, 0.29) is 0 Å². The van der Waals surface area contributed by atoms with Gasteiger partial charge in [0.2, 0.25) is 0 Å². The van der Waals surface area contributed by atoms with Gasteiger partial charge in [0.1, 0.15) is 0 Å². The Morgan fingerprint density at radius 1 is 1.28 bits per heavy atom. The summed E-state index contributed by atoms with van der Waals surface area (Å²) in [7, 11) is 0. The first-order valence-electron chi connectivity index (χ1n) is 7.19. The van der Waals surface area contributed by atoms with Crippen molar-refractivity contribution in [2.45, 2.75) is 40.0 Å². The van der Waals surface area contributed by atoms with Crippen molar-refractivity contribution in [2.24, 2.45) is 11.8 Å². The lowest BCUT2D eigenvalue weighted by atomic mass is 9.95. The maximum absolute atomic E-state index is 5.93. The number of hydrogen-bond acceptors (Lipinski definition) is 2. The summed E-state index contributed by atoms with van der Waals surface area (Å²) in [6.45, 7) is 9.31. The minimum Gasteiger partial charge on any atom is -0.399 e. The molecule has 0 aliphatic carbocycles. The van der Waals surface area contributed by atoms with Crippen molar-refractivity contribution in [3.8, 4) is 0 Å². The second-order valence-electron chi connectivity index (χ2n) is 6.17. The van der Waals surface area contributed by atoms with Crippen molar-refractivity contribution in [3.05, 3.63) is 23.8 Å². The second kappa shape index (κ2) is 5.64. The van der Waals surface area contributed by atoms with E-state index in [4.69, 9.17) is 5.73 Å². The Kier molecular flexibility index (Phi) is 4.15. The molecule has 0 aromatic heterocycles. The van der Waals surface area contributed by atoms with Crippen LogP contribution >= 0.6 is 0 Å². The molecular weight excluding hydrogens is 220 g/mol. The molecule has 0 bridgehead atoms. The minimum absolute atomic E-state index is 0.748. The van der Waals surface area contributed by atoms with Gasteiger partial charge in [-0.05, 0) is 48.8 Å². The number of fused-ring (bicyclic) bond motifs is 1. The van der Waals surface area contributed by atoms with E-state index in [1.54, 1.807) is 0 Å². The van der Waals surface area contributed by atoms with Crippen molar-refractivity contribution in [1.29, 1.82) is 0 Å². The van der Waals surface area contributed by atoms with Crippen molar-refractivity contribution >= 4 is 11.4 Å². The van der Waals surface area contributed by atoms with Gasteiger partial charge in [0.05, 0.1) is 0 Å². The monoisotopic (exact) mass is 246 g/mol. The van der Waals surface area contributed by atoms with Gasteiger partial charge >= 0.3 is 0 Å².